The normalized spacial score (nSPS) is 11.7. The van der Waals surface area contributed by atoms with E-state index in [1.807, 2.05) is 0 Å². The second-order valence-corrected chi connectivity index (χ2v) is 5.62. The molecule has 0 unspecified atom stereocenters. The van der Waals surface area contributed by atoms with Crippen LogP contribution >= 0.6 is 15.9 Å². The second-order valence-electron chi connectivity index (χ2n) is 4.71. The Morgan fingerprint density at radius 2 is 2.21 bits per heavy atom. The van der Waals surface area contributed by atoms with Crippen LogP contribution in [-0.4, -0.2) is 35.6 Å². The van der Waals surface area contributed by atoms with E-state index in [2.05, 4.69) is 75.9 Å². The summed E-state index contributed by atoms with van der Waals surface area (Å²) in [6.45, 7) is 6.92. The summed E-state index contributed by atoms with van der Waals surface area (Å²) in [5, 5.41) is 3.34. The largest absolute Gasteiger partial charge is 0.357 e. The molecule has 1 aromatic rings. The Morgan fingerprint density at radius 1 is 1.47 bits per heavy atom. The van der Waals surface area contributed by atoms with Gasteiger partial charge in [-0.1, -0.05) is 13.3 Å². The molecule has 0 saturated heterocycles. The fourth-order valence-corrected chi connectivity index (χ4v) is 2.43. The van der Waals surface area contributed by atoms with Gasteiger partial charge in [-0.3, -0.25) is 4.99 Å². The van der Waals surface area contributed by atoms with E-state index < -0.39 is 0 Å². The average molecular weight is 329 g/mol. The van der Waals surface area contributed by atoms with Crippen molar-refractivity contribution in [3.8, 4) is 0 Å². The van der Waals surface area contributed by atoms with Gasteiger partial charge in [0.2, 0.25) is 0 Å². The molecule has 108 valence electrons. The van der Waals surface area contributed by atoms with Crippen LogP contribution in [0.5, 0.6) is 0 Å². The van der Waals surface area contributed by atoms with Crippen LogP contribution in [-0.2, 0) is 13.6 Å². The molecule has 4 nitrogen and oxygen atoms in total. The van der Waals surface area contributed by atoms with E-state index in [1.54, 1.807) is 0 Å². The molecule has 1 N–H and O–H groups in total. The highest BCUT2D eigenvalue weighted by Gasteiger charge is 2.09. The molecule has 5 heteroatoms. The van der Waals surface area contributed by atoms with Crippen molar-refractivity contribution in [3.63, 3.8) is 0 Å². The van der Waals surface area contributed by atoms with Gasteiger partial charge in [0.25, 0.3) is 0 Å². The molecule has 0 fully saturated rings. The minimum atomic E-state index is 0.847. The molecule has 19 heavy (non-hydrogen) atoms. The number of guanidine groups is 1. The molecule has 0 atom stereocenters. The Morgan fingerprint density at radius 3 is 2.74 bits per heavy atom. The Labute approximate surface area is 125 Å². The number of hydrogen-bond donors (Lipinski definition) is 1. The van der Waals surface area contributed by atoms with Gasteiger partial charge < -0.3 is 14.8 Å². The third-order valence-corrected chi connectivity index (χ3v) is 3.38. The summed E-state index contributed by atoms with van der Waals surface area (Å²) in [5.41, 5.74) is 1.26. The average Bonchev–Trinajstić information content (AvgIpc) is 2.67. The van der Waals surface area contributed by atoms with E-state index >= 15 is 0 Å². The molecule has 0 aliphatic carbocycles. The van der Waals surface area contributed by atoms with Gasteiger partial charge in [-0.2, -0.15) is 0 Å². The lowest BCUT2D eigenvalue weighted by Gasteiger charge is -2.22. The van der Waals surface area contributed by atoms with Crippen molar-refractivity contribution in [2.24, 2.45) is 12.0 Å². The van der Waals surface area contributed by atoms with Gasteiger partial charge in [-0.15, -0.1) is 0 Å². The lowest BCUT2D eigenvalue weighted by molar-refractivity contribution is 0.461. The van der Waals surface area contributed by atoms with Crippen molar-refractivity contribution >= 4 is 21.9 Å². The molecular formula is C14H25BrN4. The molecule has 0 aliphatic heterocycles. The lowest BCUT2D eigenvalue weighted by Crippen LogP contribution is -2.38. The van der Waals surface area contributed by atoms with Crippen molar-refractivity contribution in [3.05, 3.63) is 22.4 Å². The highest BCUT2D eigenvalue weighted by Crippen LogP contribution is 2.14. The zero-order valence-electron chi connectivity index (χ0n) is 12.4. The Kier molecular flexibility index (Phi) is 6.99. The minimum Gasteiger partial charge on any atom is -0.357 e. The van der Waals surface area contributed by atoms with Crippen LogP contribution in [0.1, 0.15) is 32.4 Å². The van der Waals surface area contributed by atoms with Gasteiger partial charge in [0.15, 0.2) is 5.96 Å². The van der Waals surface area contributed by atoms with E-state index in [9.17, 15) is 0 Å². The number of aliphatic imine (C=N–C) groups is 1. The lowest BCUT2D eigenvalue weighted by atomic mass is 10.3. The van der Waals surface area contributed by atoms with Crippen molar-refractivity contribution in [2.45, 2.75) is 33.2 Å². The smallest absolute Gasteiger partial charge is 0.194 e. The first-order valence-electron chi connectivity index (χ1n) is 6.88. The van der Waals surface area contributed by atoms with Gasteiger partial charge >= 0.3 is 0 Å². The van der Waals surface area contributed by atoms with Crippen molar-refractivity contribution in [1.29, 1.82) is 0 Å². The third-order valence-electron chi connectivity index (χ3n) is 2.94. The van der Waals surface area contributed by atoms with Gasteiger partial charge in [0.05, 0.1) is 6.54 Å². The van der Waals surface area contributed by atoms with Crippen LogP contribution in [0.3, 0.4) is 0 Å². The molecule has 1 rings (SSSR count). The number of aryl methyl sites for hydroxylation is 1. The first-order chi connectivity index (χ1) is 9.08. The molecule has 1 heterocycles. The quantitative estimate of drug-likeness (QED) is 0.494. The van der Waals surface area contributed by atoms with Crippen LogP contribution in [0, 0.1) is 0 Å². The Balaban J connectivity index is 2.68. The second kappa shape index (κ2) is 8.25. The van der Waals surface area contributed by atoms with Crippen LogP contribution in [0.4, 0.5) is 0 Å². The molecule has 0 aliphatic rings. The van der Waals surface area contributed by atoms with E-state index in [0.717, 1.165) is 36.5 Å². The van der Waals surface area contributed by atoms with Gasteiger partial charge in [-0.25, -0.2) is 0 Å². The minimum absolute atomic E-state index is 0.847. The molecule has 1 aromatic heterocycles. The number of hydrogen-bond acceptors (Lipinski definition) is 1. The number of nitrogens with one attached hydrogen (secondary N) is 1. The van der Waals surface area contributed by atoms with E-state index in [1.165, 1.54) is 12.1 Å². The molecule has 0 aromatic carbocycles. The topological polar surface area (TPSA) is 32.6 Å². The SMILES string of the molecule is CCCCN=C(NCC)N(C)Cc1cc(Br)cn1C. The summed E-state index contributed by atoms with van der Waals surface area (Å²) in [6, 6.07) is 2.14. The predicted octanol–water partition coefficient (Wildman–Crippen LogP) is 2.99. The first kappa shape index (κ1) is 16.1. The van der Waals surface area contributed by atoms with Crippen LogP contribution in [0.25, 0.3) is 0 Å². The highest BCUT2D eigenvalue weighted by molar-refractivity contribution is 9.10. The standard InChI is InChI=1S/C14H25BrN4/c1-5-7-8-17-14(16-6-2)19(4)11-13-9-12(15)10-18(13)3/h9-10H,5-8,11H2,1-4H3,(H,16,17). The third kappa shape index (κ3) is 5.27. The summed E-state index contributed by atoms with van der Waals surface area (Å²) in [7, 11) is 4.14. The maximum atomic E-state index is 4.65. The first-order valence-corrected chi connectivity index (χ1v) is 7.68. The number of rotatable bonds is 6. The summed E-state index contributed by atoms with van der Waals surface area (Å²) < 4.78 is 3.25. The molecule has 0 radical (unpaired) electrons. The predicted molar refractivity (Wildman–Crippen MR) is 85.5 cm³/mol. The summed E-state index contributed by atoms with van der Waals surface area (Å²) >= 11 is 3.51. The molecular weight excluding hydrogens is 304 g/mol. The zero-order valence-corrected chi connectivity index (χ0v) is 14.0. The Hall–Kier alpha value is -0.970. The maximum Gasteiger partial charge on any atom is 0.194 e. The van der Waals surface area contributed by atoms with Gasteiger partial charge in [0, 0.05) is 43.5 Å². The molecule has 0 amide bonds. The van der Waals surface area contributed by atoms with Crippen molar-refractivity contribution < 1.29 is 0 Å². The molecule has 0 bridgehead atoms. The fraction of sp³-hybridized carbons (Fsp3) is 0.643. The number of nitrogens with zero attached hydrogens (tertiary/aromatic N) is 3. The fourth-order valence-electron chi connectivity index (χ4n) is 1.85. The zero-order chi connectivity index (χ0) is 14.3. The van der Waals surface area contributed by atoms with Crippen LogP contribution in [0.15, 0.2) is 21.7 Å². The van der Waals surface area contributed by atoms with Crippen molar-refractivity contribution in [2.75, 3.05) is 20.1 Å². The van der Waals surface area contributed by atoms with E-state index in [0.29, 0.717) is 0 Å². The monoisotopic (exact) mass is 328 g/mol. The number of aromatic nitrogens is 1. The van der Waals surface area contributed by atoms with Crippen LogP contribution in [0.2, 0.25) is 0 Å². The summed E-state index contributed by atoms with van der Waals surface area (Å²) in [6.07, 6.45) is 4.39. The van der Waals surface area contributed by atoms with Crippen molar-refractivity contribution in [1.82, 2.24) is 14.8 Å². The highest BCUT2D eigenvalue weighted by atomic mass is 79.9. The summed E-state index contributed by atoms with van der Waals surface area (Å²) in [5.74, 6) is 0.980. The maximum absolute atomic E-state index is 4.65. The molecule has 0 saturated carbocycles. The number of unbranched alkanes of at least 4 members (excludes halogenated alkanes) is 1. The van der Waals surface area contributed by atoms with Gasteiger partial charge in [-0.05, 0) is 35.3 Å². The molecule has 0 spiro atoms. The van der Waals surface area contributed by atoms with E-state index in [4.69, 9.17) is 0 Å². The van der Waals surface area contributed by atoms with Gasteiger partial charge in [0.1, 0.15) is 0 Å². The van der Waals surface area contributed by atoms with Crippen LogP contribution < -0.4 is 5.32 Å². The Bertz CT molecular complexity index is 412. The van der Waals surface area contributed by atoms with E-state index in [-0.39, 0.29) is 0 Å². The summed E-state index contributed by atoms with van der Waals surface area (Å²) in [4.78, 5) is 6.81. The number of halogens is 1.